The lowest BCUT2D eigenvalue weighted by Gasteiger charge is -2.07. The predicted molar refractivity (Wildman–Crippen MR) is 80.5 cm³/mol. The van der Waals surface area contributed by atoms with Crippen molar-refractivity contribution in [1.82, 2.24) is 9.55 Å². The summed E-state index contributed by atoms with van der Waals surface area (Å²) < 4.78 is 14.2. The number of fused-ring (bicyclic) bond motifs is 1. The van der Waals surface area contributed by atoms with Gasteiger partial charge in [0.1, 0.15) is 5.82 Å². The second kappa shape index (κ2) is 6.17. The number of alkyl halides is 1. The highest BCUT2D eigenvalue weighted by atomic mass is 79.9. The van der Waals surface area contributed by atoms with Gasteiger partial charge in [-0.1, -0.05) is 15.9 Å². The molecule has 0 saturated carbocycles. The zero-order valence-electron chi connectivity index (χ0n) is 10.0. The van der Waals surface area contributed by atoms with Crippen molar-refractivity contribution in [2.75, 3.05) is 12.0 Å². The Morgan fingerprint density at radius 1 is 1.50 bits per heavy atom. The van der Waals surface area contributed by atoms with E-state index in [0.29, 0.717) is 11.6 Å². The van der Waals surface area contributed by atoms with Gasteiger partial charge in [0.2, 0.25) is 0 Å². The molecule has 1 atom stereocenters. The molecular formula is C12H14BrClN2OS. The number of hydrogen-bond acceptors (Lipinski definition) is 2. The topological polar surface area (TPSA) is 34.9 Å². The molecule has 1 unspecified atom stereocenters. The summed E-state index contributed by atoms with van der Waals surface area (Å²) in [6.45, 7) is 0.800. The summed E-state index contributed by atoms with van der Waals surface area (Å²) in [4.78, 5) is 4.50. The number of hydrogen-bond donors (Lipinski definition) is 0. The van der Waals surface area contributed by atoms with Crippen LogP contribution in [-0.2, 0) is 23.2 Å². The summed E-state index contributed by atoms with van der Waals surface area (Å²) in [5.41, 5.74) is 2.02. The van der Waals surface area contributed by atoms with Crippen LogP contribution >= 0.6 is 27.5 Å². The van der Waals surface area contributed by atoms with Crippen LogP contribution in [0.5, 0.6) is 0 Å². The van der Waals surface area contributed by atoms with E-state index in [2.05, 4.69) is 25.5 Å². The van der Waals surface area contributed by atoms with Gasteiger partial charge in [-0.05, 0) is 24.6 Å². The molecule has 0 spiro atoms. The Hall–Kier alpha value is -0.390. The summed E-state index contributed by atoms with van der Waals surface area (Å²) in [5.74, 6) is 1.96. The third kappa shape index (κ3) is 3.13. The van der Waals surface area contributed by atoms with Crippen LogP contribution in [0.15, 0.2) is 22.7 Å². The van der Waals surface area contributed by atoms with Gasteiger partial charge in [0, 0.05) is 33.8 Å². The Morgan fingerprint density at radius 3 is 2.94 bits per heavy atom. The number of rotatable bonds is 5. The predicted octanol–water partition coefficient (Wildman–Crippen LogP) is 3.31. The molecule has 98 valence electrons. The van der Waals surface area contributed by atoms with E-state index in [1.54, 1.807) is 6.26 Å². The second-order valence-corrected chi connectivity index (χ2v) is 6.81. The third-order valence-electron chi connectivity index (χ3n) is 2.72. The molecule has 0 aliphatic carbocycles. The molecule has 0 amide bonds. The number of benzene rings is 1. The molecule has 0 aliphatic heterocycles. The van der Waals surface area contributed by atoms with Gasteiger partial charge in [-0.2, -0.15) is 0 Å². The number of nitrogens with zero attached hydrogens (tertiary/aromatic N) is 2. The lowest BCUT2D eigenvalue weighted by atomic mass is 10.3. The van der Waals surface area contributed by atoms with Gasteiger partial charge in [-0.25, -0.2) is 4.98 Å². The van der Waals surface area contributed by atoms with Crippen LogP contribution in [0.2, 0.25) is 0 Å². The molecule has 1 heterocycles. The first-order valence-electron chi connectivity index (χ1n) is 5.62. The Bertz CT molecular complexity index is 585. The molecular weight excluding hydrogens is 336 g/mol. The fourth-order valence-corrected chi connectivity index (χ4v) is 3.01. The van der Waals surface area contributed by atoms with Gasteiger partial charge in [0.15, 0.2) is 0 Å². The van der Waals surface area contributed by atoms with Crippen molar-refractivity contribution in [1.29, 1.82) is 0 Å². The smallest absolute Gasteiger partial charge is 0.124 e. The Morgan fingerprint density at radius 2 is 2.28 bits per heavy atom. The minimum Gasteiger partial charge on any atom is -0.327 e. The molecule has 6 heteroatoms. The SMILES string of the molecule is CS(=O)CCCn1c(CCl)nc2ccc(Br)cc21. The summed E-state index contributed by atoms with van der Waals surface area (Å²) >= 11 is 9.40. The number of imidazole rings is 1. The van der Waals surface area contributed by atoms with E-state index in [1.165, 1.54) is 0 Å². The van der Waals surface area contributed by atoms with Gasteiger partial charge in [-0.15, -0.1) is 11.6 Å². The maximum atomic E-state index is 11.1. The molecule has 2 rings (SSSR count). The van der Waals surface area contributed by atoms with Gasteiger partial charge in [0.25, 0.3) is 0 Å². The van der Waals surface area contributed by atoms with Crippen LogP contribution in [0.1, 0.15) is 12.2 Å². The van der Waals surface area contributed by atoms with E-state index in [1.807, 2.05) is 18.2 Å². The highest BCUT2D eigenvalue weighted by molar-refractivity contribution is 9.10. The van der Waals surface area contributed by atoms with Crippen molar-refractivity contribution in [3.8, 4) is 0 Å². The minimum atomic E-state index is -0.750. The van der Waals surface area contributed by atoms with Crippen LogP contribution in [0.3, 0.4) is 0 Å². The van der Waals surface area contributed by atoms with Crippen LogP contribution < -0.4 is 0 Å². The molecule has 0 N–H and O–H groups in total. The number of aromatic nitrogens is 2. The fourth-order valence-electron chi connectivity index (χ4n) is 1.92. The van der Waals surface area contributed by atoms with Crippen LogP contribution in [0.25, 0.3) is 11.0 Å². The minimum absolute atomic E-state index is 0.390. The Labute approximate surface area is 122 Å². The van der Waals surface area contributed by atoms with Crippen LogP contribution in [-0.4, -0.2) is 25.8 Å². The van der Waals surface area contributed by atoms with Crippen LogP contribution in [0.4, 0.5) is 0 Å². The van der Waals surface area contributed by atoms with Gasteiger partial charge < -0.3 is 4.57 Å². The van der Waals surface area contributed by atoms with Crippen molar-refractivity contribution in [3.05, 3.63) is 28.5 Å². The van der Waals surface area contributed by atoms with E-state index in [0.717, 1.165) is 34.3 Å². The first kappa shape index (κ1) is 14.0. The van der Waals surface area contributed by atoms with Crippen molar-refractivity contribution >= 4 is 49.4 Å². The fraction of sp³-hybridized carbons (Fsp3) is 0.417. The van der Waals surface area contributed by atoms with Crippen LogP contribution in [0, 0.1) is 0 Å². The molecule has 3 nitrogen and oxygen atoms in total. The van der Waals surface area contributed by atoms with Crippen molar-refractivity contribution in [3.63, 3.8) is 0 Å². The monoisotopic (exact) mass is 348 g/mol. The first-order chi connectivity index (χ1) is 8.61. The van der Waals surface area contributed by atoms with E-state index in [4.69, 9.17) is 11.6 Å². The zero-order chi connectivity index (χ0) is 13.1. The molecule has 0 aliphatic rings. The molecule has 1 aromatic carbocycles. The Kier molecular flexibility index (Phi) is 4.81. The van der Waals surface area contributed by atoms with E-state index >= 15 is 0 Å². The van der Waals surface area contributed by atoms with Gasteiger partial charge in [-0.3, -0.25) is 4.21 Å². The molecule has 0 bridgehead atoms. The average molecular weight is 350 g/mol. The summed E-state index contributed by atoms with van der Waals surface area (Å²) in [6.07, 6.45) is 2.59. The third-order valence-corrected chi connectivity index (χ3v) is 4.32. The highest BCUT2D eigenvalue weighted by Crippen LogP contribution is 2.22. The summed E-state index contributed by atoms with van der Waals surface area (Å²) in [5, 5.41) is 0. The number of aryl methyl sites for hydroxylation is 1. The molecule has 0 saturated heterocycles. The van der Waals surface area contributed by atoms with Crippen molar-refractivity contribution in [2.45, 2.75) is 18.8 Å². The Balaban J connectivity index is 2.33. The number of halogens is 2. The molecule has 2 aromatic rings. The molecule has 1 aromatic heterocycles. The molecule has 0 radical (unpaired) electrons. The van der Waals surface area contributed by atoms with Crippen molar-refractivity contribution in [2.24, 2.45) is 0 Å². The quantitative estimate of drug-likeness (QED) is 0.776. The van der Waals surface area contributed by atoms with Crippen molar-refractivity contribution < 1.29 is 4.21 Å². The van der Waals surface area contributed by atoms with Gasteiger partial charge in [0.05, 0.1) is 16.9 Å². The molecule has 0 fully saturated rings. The second-order valence-electron chi connectivity index (χ2n) is 4.08. The van der Waals surface area contributed by atoms with E-state index in [-0.39, 0.29) is 0 Å². The zero-order valence-corrected chi connectivity index (χ0v) is 13.2. The average Bonchev–Trinajstić information content (AvgIpc) is 2.66. The maximum absolute atomic E-state index is 11.1. The lowest BCUT2D eigenvalue weighted by Crippen LogP contribution is -2.06. The lowest BCUT2D eigenvalue weighted by molar-refractivity contribution is 0.657. The van der Waals surface area contributed by atoms with E-state index < -0.39 is 10.8 Å². The van der Waals surface area contributed by atoms with Gasteiger partial charge >= 0.3 is 0 Å². The first-order valence-corrected chi connectivity index (χ1v) is 8.68. The largest absolute Gasteiger partial charge is 0.327 e. The standard InChI is InChI=1S/C12H14BrClN2OS/c1-18(17)6-2-5-16-11-7-9(13)3-4-10(11)15-12(16)8-14/h3-4,7H,2,5-6,8H2,1H3. The summed E-state index contributed by atoms with van der Waals surface area (Å²) in [6, 6.07) is 5.99. The highest BCUT2D eigenvalue weighted by Gasteiger charge is 2.10. The molecule has 18 heavy (non-hydrogen) atoms. The normalized spacial score (nSPS) is 13.1. The maximum Gasteiger partial charge on any atom is 0.124 e. The summed E-state index contributed by atoms with van der Waals surface area (Å²) in [7, 11) is -0.750. The van der Waals surface area contributed by atoms with E-state index in [9.17, 15) is 4.21 Å².